The van der Waals surface area contributed by atoms with Crippen LogP contribution in [0.2, 0.25) is 0 Å². The first kappa shape index (κ1) is 23.9. The van der Waals surface area contributed by atoms with Crippen LogP contribution in [-0.2, 0) is 20.1 Å². The van der Waals surface area contributed by atoms with Crippen LogP contribution in [0.15, 0.2) is 24.3 Å². The first-order valence-electron chi connectivity index (χ1n) is 10.7. The summed E-state index contributed by atoms with van der Waals surface area (Å²) in [6.07, 6.45) is 7.28. The van der Waals surface area contributed by atoms with Crippen molar-refractivity contribution in [2.24, 2.45) is 17.3 Å². The number of para-hydroxylation sites is 1. The van der Waals surface area contributed by atoms with Crippen LogP contribution < -0.4 is 4.90 Å². The molecule has 1 saturated heterocycles. The third kappa shape index (κ3) is 5.59. The van der Waals surface area contributed by atoms with Gasteiger partial charge in [-0.05, 0) is 45.4 Å². The molecule has 2 aliphatic carbocycles. The van der Waals surface area contributed by atoms with Crippen LogP contribution >= 0.6 is 0 Å². The molecule has 4 unspecified atom stereocenters. The van der Waals surface area contributed by atoms with E-state index in [0.29, 0.717) is 5.92 Å². The molecule has 3 fully saturated rings. The second kappa shape index (κ2) is 9.60. The summed E-state index contributed by atoms with van der Waals surface area (Å²) in [6.45, 7) is 11.5. The summed E-state index contributed by atoms with van der Waals surface area (Å²) in [4.78, 5) is 2.35. The molecule has 3 nitrogen and oxygen atoms in total. The van der Waals surface area contributed by atoms with E-state index < -0.39 is 0 Å². The van der Waals surface area contributed by atoms with Gasteiger partial charge in [0.2, 0.25) is 0 Å². The molecule has 0 spiro atoms. The van der Waals surface area contributed by atoms with Crippen molar-refractivity contribution in [2.45, 2.75) is 90.4 Å². The van der Waals surface area contributed by atoms with Gasteiger partial charge in [0.1, 0.15) is 0 Å². The Labute approximate surface area is 185 Å². The average molecular weight is 564 g/mol. The van der Waals surface area contributed by atoms with E-state index in [4.69, 9.17) is 0 Å². The fraction of sp³-hybridized carbons (Fsp3) is 0.708. The van der Waals surface area contributed by atoms with Crippen LogP contribution in [0.25, 0.3) is 0 Å². The first-order valence-corrected chi connectivity index (χ1v) is 10.7. The molecule has 1 heterocycles. The molecule has 4 atom stereocenters. The third-order valence-corrected chi connectivity index (χ3v) is 6.56. The normalized spacial score (nSPS) is 33.1. The quantitative estimate of drug-likeness (QED) is 0.475. The molecular formula is C24H37IrNO2-2. The van der Waals surface area contributed by atoms with Crippen LogP contribution in [0.1, 0.15) is 72.6 Å². The van der Waals surface area contributed by atoms with Crippen molar-refractivity contribution in [3.05, 3.63) is 36.9 Å². The minimum atomic E-state index is -0.227. The Morgan fingerprint density at radius 1 is 1.00 bits per heavy atom. The van der Waals surface area contributed by atoms with E-state index in [0.717, 1.165) is 25.7 Å². The summed E-state index contributed by atoms with van der Waals surface area (Å²) in [7, 11) is 0. The number of benzene rings is 1. The predicted molar refractivity (Wildman–Crippen MR) is 111 cm³/mol. The summed E-state index contributed by atoms with van der Waals surface area (Å²) in [5.74, 6) is 0.810. The maximum Gasteiger partial charge on any atom is 0.0595 e. The number of hydrogen-bond donors (Lipinski definition) is 2. The third-order valence-electron chi connectivity index (χ3n) is 6.56. The summed E-state index contributed by atoms with van der Waals surface area (Å²) in [6, 6.07) is 11.5. The van der Waals surface area contributed by atoms with Crippen molar-refractivity contribution in [3.63, 3.8) is 0 Å². The number of anilines is 1. The van der Waals surface area contributed by atoms with Crippen molar-refractivity contribution >= 4 is 5.69 Å². The van der Waals surface area contributed by atoms with Gasteiger partial charge in [-0.25, -0.2) is 6.54 Å². The Hall–Kier alpha value is -0.411. The molecule has 0 bridgehead atoms. The van der Waals surface area contributed by atoms with E-state index in [-0.39, 0.29) is 49.2 Å². The summed E-state index contributed by atoms with van der Waals surface area (Å²) in [5.41, 5.74) is 1.65. The van der Waals surface area contributed by atoms with Crippen molar-refractivity contribution < 1.29 is 30.3 Å². The molecule has 3 aliphatic rings. The van der Waals surface area contributed by atoms with Crippen LogP contribution in [0.5, 0.6) is 0 Å². The van der Waals surface area contributed by atoms with Gasteiger partial charge in [-0.1, -0.05) is 33.1 Å². The van der Waals surface area contributed by atoms with Crippen LogP contribution in [0, 0.1) is 29.9 Å². The van der Waals surface area contributed by atoms with Gasteiger partial charge in [0.15, 0.2) is 0 Å². The van der Waals surface area contributed by atoms with Crippen molar-refractivity contribution in [3.8, 4) is 0 Å². The minimum Gasteiger partial charge on any atom is -0.538 e. The van der Waals surface area contributed by atoms with Gasteiger partial charge >= 0.3 is 0 Å². The molecule has 2 saturated carbocycles. The van der Waals surface area contributed by atoms with Gasteiger partial charge in [0.25, 0.3) is 0 Å². The molecule has 1 aromatic carbocycles. The van der Waals surface area contributed by atoms with Crippen molar-refractivity contribution in [2.75, 3.05) is 4.90 Å². The SMILES string of the molecule is CC1(C)[CH-]N(c2[c-]cccc2)C(C)(C)C1.OC1CCCCC2CCC(O)C12.[Ir]. The van der Waals surface area contributed by atoms with Gasteiger partial charge in [-0.3, -0.25) is 0 Å². The Bertz CT molecular complexity index is 604. The molecule has 28 heavy (non-hydrogen) atoms. The maximum absolute atomic E-state index is 9.77. The van der Waals surface area contributed by atoms with E-state index in [2.05, 4.69) is 57.3 Å². The zero-order valence-corrected chi connectivity index (χ0v) is 20.2. The molecule has 4 heteroatoms. The number of nitrogens with zero attached hydrogens (tertiary/aromatic N) is 1. The Morgan fingerprint density at radius 3 is 2.29 bits per heavy atom. The molecule has 4 rings (SSSR count). The number of rotatable bonds is 1. The zero-order chi connectivity index (χ0) is 19.7. The molecular weight excluding hydrogens is 526 g/mol. The molecule has 1 radical (unpaired) electrons. The van der Waals surface area contributed by atoms with Crippen molar-refractivity contribution in [1.29, 1.82) is 0 Å². The zero-order valence-electron chi connectivity index (χ0n) is 17.8. The summed E-state index contributed by atoms with van der Waals surface area (Å²) >= 11 is 0. The molecule has 0 amide bonds. The molecule has 0 aromatic heterocycles. The largest absolute Gasteiger partial charge is 0.538 e. The van der Waals surface area contributed by atoms with Gasteiger partial charge in [0, 0.05) is 31.6 Å². The van der Waals surface area contributed by atoms with Gasteiger partial charge in [-0.2, -0.15) is 30.3 Å². The second-order valence-corrected chi connectivity index (χ2v) is 10.1. The minimum absolute atomic E-state index is 0. The summed E-state index contributed by atoms with van der Waals surface area (Å²) < 4.78 is 0. The summed E-state index contributed by atoms with van der Waals surface area (Å²) in [5, 5.41) is 19.4. The fourth-order valence-corrected chi connectivity index (χ4v) is 5.64. The van der Waals surface area contributed by atoms with Gasteiger partial charge < -0.3 is 15.1 Å². The Balaban J connectivity index is 0.000000198. The topological polar surface area (TPSA) is 43.7 Å². The number of hydrogen-bond acceptors (Lipinski definition) is 3. The number of fused-ring (bicyclic) bond motifs is 1. The van der Waals surface area contributed by atoms with E-state index in [1.165, 1.54) is 24.9 Å². The molecule has 1 aromatic rings. The number of aliphatic hydroxyl groups is 2. The monoisotopic (exact) mass is 564 g/mol. The van der Waals surface area contributed by atoms with Crippen molar-refractivity contribution in [1.82, 2.24) is 0 Å². The van der Waals surface area contributed by atoms with E-state index in [9.17, 15) is 10.2 Å². The maximum atomic E-state index is 9.77. The smallest absolute Gasteiger partial charge is 0.0595 e. The number of aliphatic hydroxyl groups excluding tert-OH is 2. The van der Waals surface area contributed by atoms with E-state index in [1.54, 1.807) is 0 Å². The van der Waals surface area contributed by atoms with Crippen LogP contribution in [0.3, 0.4) is 0 Å². The molecule has 161 valence electrons. The van der Waals surface area contributed by atoms with Gasteiger partial charge in [0.05, 0.1) is 12.2 Å². The Morgan fingerprint density at radius 2 is 1.68 bits per heavy atom. The second-order valence-electron chi connectivity index (χ2n) is 10.1. The van der Waals surface area contributed by atoms with Gasteiger partial charge in [-0.15, -0.1) is 11.1 Å². The standard InChI is InChI=1S/C14H19N.C10H18O2.Ir/c1-13(2)10-14(3,4)15(11-13)12-8-6-5-7-9-12;11-8-4-2-1-3-7-5-6-9(12)10(7)8;/h5-8,11H,10H2,1-4H3;7-12H,1-6H2;/q-2;;. The van der Waals surface area contributed by atoms with E-state index in [1.807, 2.05) is 12.1 Å². The molecule has 1 aliphatic heterocycles. The molecule has 2 N–H and O–H groups in total. The Kier molecular flexibility index (Phi) is 8.18. The fourth-order valence-electron chi connectivity index (χ4n) is 5.64. The van der Waals surface area contributed by atoms with Crippen LogP contribution in [0.4, 0.5) is 5.69 Å². The average Bonchev–Trinajstić information content (AvgIpc) is 2.99. The van der Waals surface area contributed by atoms with E-state index >= 15 is 0 Å². The predicted octanol–water partition coefficient (Wildman–Crippen LogP) is 4.97. The first-order chi connectivity index (χ1) is 12.7. The van der Waals surface area contributed by atoms with Crippen LogP contribution in [-0.4, -0.2) is 28.0 Å².